The number of carbonyl (C=O) groups is 2. The van der Waals surface area contributed by atoms with Crippen LogP contribution in [-0.2, 0) is 20.7 Å². The number of carbonyl (C=O) groups excluding carboxylic acids is 2. The van der Waals surface area contributed by atoms with Gasteiger partial charge in [0.1, 0.15) is 0 Å². The minimum absolute atomic E-state index is 0.0629. The number of rotatable bonds is 5. The average molecular weight is 301 g/mol. The highest BCUT2D eigenvalue weighted by Crippen LogP contribution is 2.36. The van der Waals surface area contributed by atoms with Crippen molar-refractivity contribution < 1.29 is 14.3 Å². The zero-order valence-corrected chi connectivity index (χ0v) is 13.0. The Hall–Kier alpha value is -1.84. The predicted molar refractivity (Wildman–Crippen MR) is 83.4 cm³/mol. The quantitative estimate of drug-likeness (QED) is 0.850. The number of amides is 1. The van der Waals surface area contributed by atoms with Gasteiger partial charge in [0.15, 0.2) is 0 Å². The minimum Gasteiger partial charge on any atom is -0.469 e. The Morgan fingerprint density at radius 1 is 1.27 bits per heavy atom. The molecule has 1 saturated carbocycles. The van der Waals surface area contributed by atoms with E-state index in [2.05, 4.69) is 17.4 Å². The number of hydrogen-bond donors (Lipinski definition) is 1. The van der Waals surface area contributed by atoms with Gasteiger partial charge in [0.2, 0.25) is 5.91 Å². The van der Waals surface area contributed by atoms with Gasteiger partial charge in [0.05, 0.1) is 19.4 Å². The summed E-state index contributed by atoms with van der Waals surface area (Å²) in [4.78, 5) is 24.2. The lowest BCUT2D eigenvalue weighted by atomic mass is 9.82. The number of aryl methyl sites for hydroxylation is 1. The van der Waals surface area contributed by atoms with Crippen LogP contribution in [0.25, 0.3) is 0 Å². The van der Waals surface area contributed by atoms with Gasteiger partial charge in [0, 0.05) is 6.04 Å². The second-order valence-corrected chi connectivity index (χ2v) is 6.38. The molecule has 0 heterocycles. The monoisotopic (exact) mass is 301 g/mol. The van der Waals surface area contributed by atoms with Gasteiger partial charge in [-0.15, -0.1) is 0 Å². The molecule has 2 atom stereocenters. The third kappa shape index (κ3) is 3.32. The van der Waals surface area contributed by atoms with Gasteiger partial charge in [-0.25, -0.2) is 0 Å². The van der Waals surface area contributed by atoms with Crippen molar-refractivity contribution in [3.05, 3.63) is 35.4 Å². The first-order valence-electron chi connectivity index (χ1n) is 8.14. The normalized spacial score (nSPS) is 21.6. The zero-order valence-electron chi connectivity index (χ0n) is 13.0. The number of esters is 1. The first-order chi connectivity index (χ1) is 10.7. The van der Waals surface area contributed by atoms with Crippen LogP contribution < -0.4 is 5.32 Å². The van der Waals surface area contributed by atoms with Crippen LogP contribution in [0.5, 0.6) is 0 Å². The maximum absolute atomic E-state index is 12.7. The molecule has 1 N–H and O–H groups in total. The molecular formula is C18H23NO3. The fraction of sp³-hybridized carbons (Fsp3) is 0.556. The van der Waals surface area contributed by atoms with Crippen molar-refractivity contribution in [3.63, 3.8) is 0 Å². The second kappa shape index (κ2) is 6.51. The Kier molecular flexibility index (Phi) is 4.46. The van der Waals surface area contributed by atoms with Crippen LogP contribution in [0.15, 0.2) is 24.3 Å². The van der Waals surface area contributed by atoms with E-state index in [1.54, 1.807) is 0 Å². The van der Waals surface area contributed by atoms with Crippen LogP contribution in [0.4, 0.5) is 0 Å². The molecule has 1 amide bonds. The largest absolute Gasteiger partial charge is 0.469 e. The molecule has 22 heavy (non-hydrogen) atoms. The number of methoxy groups -OCH3 is 1. The summed E-state index contributed by atoms with van der Waals surface area (Å²) in [6.07, 6.45) is 5.43. The first kappa shape index (κ1) is 15.1. The Bertz CT molecular complexity index is 565. The molecule has 1 aromatic rings. The van der Waals surface area contributed by atoms with E-state index in [0.29, 0.717) is 5.92 Å². The summed E-state index contributed by atoms with van der Waals surface area (Å²) in [5.74, 6) is 0.167. The molecule has 2 aliphatic rings. The molecule has 1 aromatic carbocycles. The van der Waals surface area contributed by atoms with E-state index in [0.717, 1.165) is 37.7 Å². The highest BCUT2D eigenvalue weighted by atomic mass is 16.5. The average Bonchev–Trinajstić information content (AvgIpc) is 3.38. The lowest BCUT2D eigenvalue weighted by Gasteiger charge is -2.27. The Balaban J connectivity index is 1.70. The van der Waals surface area contributed by atoms with Crippen LogP contribution in [0.2, 0.25) is 0 Å². The molecule has 0 spiro atoms. The molecule has 4 nitrogen and oxygen atoms in total. The number of ether oxygens (including phenoxy) is 1. The zero-order chi connectivity index (χ0) is 15.5. The van der Waals surface area contributed by atoms with Gasteiger partial charge < -0.3 is 10.1 Å². The van der Waals surface area contributed by atoms with E-state index in [4.69, 9.17) is 4.74 Å². The van der Waals surface area contributed by atoms with E-state index >= 15 is 0 Å². The smallest absolute Gasteiger partial charge is 0.307 e. The lowest BCUT2D eigenvalue weighted by molar-refractivity contribution is -0.141. The van der Waals surface area contributed by atoms with Crippen LogP contribution in [0, 0.1) is 5.92 Å². The highest BCUT2D eigenvalue weighted by Gasteiger charge is 2.36. The third-order valence-electron chi connectivity index (χ3n) is 4.82. The number of nitrogens with one attached hydrogen (secondary N) is 1. The van der Waals surface area contributed by atoms with E-state index in [9.17, 15) is 9.59 Å². The lowest BCUT2D eigenvalue weighted by Crippen LogP contribution is -2.41. The van der Waals surface area contributed by atoms with Crippen LogP contribution in [0.1, 0.15) is 49.1 Å². The molecule has 0 aliphatic heterocycles. The summed E-state index contributed by atoms with van der Waals surface area (Å²) < 4.78 is 4.75. The van der Waals surface area contributed by atoms with E-state index in [1.165, 1.54) is 12.7 Å². The summed E-state index contributed by atoms with van der Waals surface area (Å²) in [5, 5.41) is 3.12. The standard InChI is InChI=1S/C18H23NO3/c1-22-17(20)11-16(13-9-10-13)19-18(21)15-8-4-6-12-5-2-3-7-14(12)15/h2-3,5,7,13,15-16H,4,6,8-11H2,1H3,(H,19,21)/t15-,16+/m1/s1. The summed E-state index contributed by atoms with van der Waals surface area (Å²) in [7, 11) is 1.39. The fourth-order valence-corrected chi connectivity index (χ4v) is 3.41. The number of fused-ring (bicyclic) bond motifs is 1. The van der Waals surface area contributed by atoms with Crippen molar-refractivity contribution in [2.24, 2.45) is 5.92 Å². The molecule has 0 saturated heterocycles. The summed E-state index contributed by atoms with van der Waals surface area (Å²) >= 11 is 0. The van der Waals surface area contributed by atoms with Crippen molar-refractivity contribution in [3.8, 4) is 0 Å². The van der Waals surface area contributed by atoms with Crippen molar-refractivity contribution >= 4 is 11.9 Å². The van der Waals surface area contributed by atoms with E-state index in [1.807, 2.05) is 12.1 Å². The maximum Gasteiger partial charge on any atom is 0.307 e. The molecule has 3 rings (SSSR count). The number of benzene rings is 1. The maximum atomic E-state index is 12.7. The van der Waals surface area contributed by atoms with Crippen LogP contribution in [-0.4, -0.2) is 25.0 Å². The third-order valence-corrected chi connectivity index (χ3v) is 4.82. The minimum atomic E-state index is -0.249. The van der Waals surface area contributed by atoms with Crippen molar-refractivity contribution in [1.82, 2.24) is 5.32 Å². The van der Waals surface area contributed by atoms with Crippen molar-refractivity contribution in [1.29, 1.82) is 0 Å². The second-order valence-electron chi connectivity index (χ2n) is 6.38. The van der Waals surface area contributed by atoms with Gasteiger partial charge >= 0.3 is 5.97 Å². The molecule has 4 heteroatoms. The Morgan fingerprint density at radius 3 is 2.77 bits per heavy atom. The molecule has 0 aromatic heterocycles. The van der Waals surface area contributed by atoms with Crippen LogP contribution >= 0.6 is 0 Å². The predicted octanol–water partition coefficient (Wildman–Crippen LogP) is 2.56. The molecule has 118 valence electrons. The Morgan fingerprint density at radius 2 is 2.05 bits per heavy atom. The van der Waals surface area contributed by atoms with Gasteiger partial charge in [-0.1, -0.05) is 24.3 Å². The molecule has 2 aliphatic carbocycles. The SMILES string of the molecule is COC(=O)C[C@H](NC(=O)[C@@H]1CCCc2ccccc21)C1CC1. The molecule has 0 bridgehead atoms. The Labute approximate surface area is 131 Å². The summed E-state index contributed by atoms with van der Waals surface area (Å²) in [6, 6.07) is 8.13. The van der Waals surface area contributed by atoms with Gasteiger partial charge in [-0.2, -0.15) is 0 Å². The molecule has 0 unspecified atom stereocenters. The fourth-order valence-electron chi connectivity index (χ4n) is 3.41. The van der Waals surface area contributed by atoms with Crippen molar-refractivity contribution in [2.45, 2.75) is 50.5 Å². The summed E-state index contributed by atoms with van der Waals surface area (Å²) in [6.45, 7) is 0. The van der Waals surface area contributed by atoms with Gasteiger partial charge in [-0.05, 0) is 49.1 Å². The van der Waals surface area contributed by atoms with E-state index in [-0.39, 0.29) is 30.3 Å². The highest BCUT2D eigenvalue weighted by molar-refractivity contribution is 5.85. The summed E-state index contributed by atoms with van der Waals surface area (Å²) in [5.41, 5.74) is 2.43. The van der Waals surface area contributed by atoms with Gasteiger partial charge in [0.25, 0.3) is 0 Å². The number of hydrogen-bond acceptors (Lipinski definition) is 3. The first-order valence-corrected chi connectivity index (χ1v) is 8.14. The molecule has 0 radical (unpaired) electrons. The van der Waals surface area contributed by atoms with Crippen molar-refractivity contribution in [2.75, 3.05) is 7.11 Å². The van der Waals surface area contributed by atoms with E-state index < -0.39 is 0 Å². The molecule has 1 fully saturated rings. The van der Waals surface area contributed by atoms with Gasteiger partial charge in [-0.3, -0.25) is 9.59 Å². The van der Waals surface area contributed by atoms with Crippen LogP contribution in [0.3, 0.4) is 0 Å². The topological polar surface area (TPSA) is 55.4 Å². The molecular weight excluding hydrogens is 278 g/mol.